The Labute approximate surface area is 89.0 Å². The molecule has 0 bridgehead atoms. The molecule has 80 valence electrons. The SMILES string of the molecule is COc1[nH]c(OC)c2c(C)ccc(C)c12. The lowest BCUT2D eigenvalue weighted by Gasteiger charge is -2.02. The number of rotatable bonds is 2. The molecule has 3 heteroatoms. The summed E-state index contributed by atoms with van der Waals surface area (Å²) in [6, 6.07) is 4.18. The molecule has 0 atom stereocenters. The van der Waals surface area contributed by atoms with E-state index >= 15 is 0 Å². The highest BCUT2D eigenvalue weighted by atomic mass is 16.5. The van der Waals surface area contributed by atoms with Gasteiger partial charge in [0.1, 0.15) is 0 Å². The average molecular weight is 205 g/mol. The lowest BCUT2D eigenvalue weighted by atomic mass is 10.1. The number of aromatic nitrogens is 1. The Balaban J connectivity index is 2.90. The molecule has 0 fully saturated rings. The van der Waals surface area contributed by atoms with Crippen LogP contribution >= 0.6 is 0 Å². The summed E-state index contributed by atoms with van der Waals surface area (Å²) in [5.41, 5.74) is 2.37. The second-order valence-electron chi connectivity index (χ2n) is 3.64. The first-order valence-electron chi connectivity index (χ1n) is 4.89. The normalized spacial score (nSPS) is 10.7. The number of hydrogen-bond acceptors (Lipinski definition) is 2. The van der Waals surface area contributed by atoms with Crippen LogP contribution in [-0.2, 0) is 0 Å². The predicted molar refractivity (Wildman–Crippen MR) is 60.9 cm³/mol. The quantitative estimate of drug-likeness (QED) is 0.818. The van der Waals surface area contributed by atoms with Crippen LogP contribution in [0.1, 0.15) is 11.1 Å². The fraction of sp³-hybridized carbons (Fsp3) is 0.333. The molecular weight excluding hydrogens is 190 g/mol. The minimum Gasteiger partial charge on any atom is -0.482 e. The van der Waals surface area contributed by atoms with Gasteiger partial charge in [0, 0.05) is 0 Å². The molecule has 1 aromatic carbocycles. The van der Waals surface area contributed by atoms with Crippen molar-refractivity contribution >= 4 is 10.8 Å². The van der Waals surface area contributed by atoms with E-state index in [2.05, 4.69) is 31.0 Å². The summed E-state index contributed by atoms with van der Waals surface area (Å²) < 4.78 is 10.6. The van der Waals surface area contributed by atoms with Gasteiger partial charge in [-0.15, -0.1) is 0 Å². The van der Waals surface area contributed by atoms with Crippen LogP contribution in [0, 0.1) is 13.8 Å². The van der Waals surface area contributed by atoms with Gasteiger partial charge in [0.25, 0.3) is 0 Å². The zero-order valence-electron chi connectivity index (χ0n) is 9.47. The van der Waals surface area contributed by atoms with Gasteiger partial charge in [0.2, 0.25) is 11.8 Å². The summed E-state index contributed by atoms with van der Waals surface area (Å²) in [5, 5.41) is 2.21. The minimum absolute atomic E-state index is 0.767. The molecule has 0 saturated heterocycles. The Kier molecular flexibility index (Phi) is 2.31. The van der Waals surface area contributed by atoms with Crippen molar-refractivity contribution in [2.75, 3.05) is 14.2 Å². The van der Waals surface area contributed by atoms with E-state index in [1.54, 1.807) is 14.2 Å². The standard InChI is InChI=1S/C12H15NO2/c1-7-5-6-8(2)10-9(7)11(14-3)13-12(10)15-4/h5-6,13H,1-4H3. The van der Waals surface area contributed by atoms with Crippen LogP contribution in [0.25, 0.3) is 10.8 Å². The Morgan fingerprint density at radius 3 is 1.60 bits per heavy atom. The molecule has 1 heterocycles. The molecular formula is C12H15NO2. The molecule has 0 radical (unpaired) electrons. The summed E-state index contributed by atoms with van der Waals surface area (Å²) >= 11 is 0. The number of aromatic amines is 1. The molecule has 0 unspecified atom stereocenters. The number of hydrogen-bond donors (Lipinski definition) is 1. The second-order valence-corrected chi connectivity index (χ2v) is 3.64. The highest BCUT2D eigenvalue weighted by Crippen LogP contribution is 2.37. The number of aryl methyl sites for hydroxylation is 2. The molecule has 0 aliphatic carbocycles. The maximum Gasteiger partial charge on any atom is 0.201 e. The molecule has 1 aromatic heterocycles. The van der Waals surface area contributed by atoms with Crippen LogP contribution in [0.2, 0.25) is 0 Å². The van der Waals surface area contributed by atoms with Crippen LogP contribution in [0.5, 0.6) is 11.8 Å². The maximum atomic E-state index is 5.31. The van der Waals surface area contributed by atoms with E-state index in [4.69, 9.17) is 9.47 Å². The molecule has 2 aromatic rings. The van der Waals surface area contributed by atoms with Crippen molar-refractivity contribution in [3.8, 4) is 11.8 Å². The Hall–Kier alpha value is -1.64. The molecule has 1 N–H and O–H groups in total. The topological polar surface area (TPSA) is 34.2 Å². The lowest BCUT2D eigenvalue weighted by Crippen LogP contribution is -1.84. The average Bonchev–Trinajstić information content (AvgIpc) is 2.63. The van der Waals surface area contributed by atoms with E-state index in [-0.39, 0.29) is 0 Å². The third kappa shape index (κ3) is 1.35. The van der Waals surface area contributed by atoms with Gasteiger partial charge in [-0.25, -0.2) is 0 Å². The van der Waals surface area contributed by atoms with E-state index < -0.39 is 0 Å². The van der Waals surface area contributed by atoms with Crippen molar-refractivity contribution in [3.05, 3.63) is 23.3 Å². The van der Waals surface area contributed by atoms with Crippen molar-refractivity contribution in [1.29, 1.82) is 0 Å². The van der Waals surface area contributed by atoms with Crippen LogP contribution in [0.4, 0.5) is 0 Å². The van der Waals surface area contributed by atoms with E-state index in [0.717, 1.165) is 22.5 Å². The third-order valence-electron chi connectivity index (χ3n) is 2.71. The first kappa shape index (κ1) is 9.90. The van der Waals surface area contributed by atoms with Gasteiger partial charge in [-0.05, 0) is 25.0 Å². The monoisotopic (exact) mass is 205 g/mol. The number of ether oxygens (including phenoxy) is 2. The van der Waals surface area contributed by atoms with Gasteiger partial charge in [-0.2, -0.15) is 0 Å². The summed E-state index contributed by atoms with van der Waals surface area (Å²) in [6.45, 7) is 4.13. The predicted octanol–water partition coefficient (Wildman–Crippen LogP) is 2.80. The van der Waals surface area contributed by atoms with Crippen LogP contribution < -0.4 is 9.47 Å². The molecule has 0 aliphatic heterocycles. The number of fused-ring (bicyclic) bond motifs is 1. The lowest BCUT2D eigenvalue weighted by molar-refractivity contribution is 0.377. The zero-order chi connectivity index (χ0) is 11.0. The molecule has 3 nitrogen and oxygen atoms in total. The summed E-state index contributed by atoms with van der Waals surface area (Å²) in [7, 11) is 3.32. The van der Waals surface area contributed by atoms with Gasteiger partial charge in [-0.3, -0.25) is 4.98 Å². The molecule has 0 amide bonds. The fourth-order valence-electron chi connectivity index (χ4n) is 1.93. The number of methoxy groups -OCH3 is 2. The zero-order valence-corrected chi connectivity index (χ0v) is 9.47. The summed E-state index contributed by atoms with van der Waals surface area (Å²) in [5.74, 6) is 1.53. The first-order chi connectivity index (χ1) is 7.19. The first-order valence-corrected chi connectivity index (χ1v) is 4.89. The Morgan fingerprint density at radius 2 is 1.27 bits per heavy atom. The van der Waals surface area contributed by atoms with Crippen LogP contribution in [-0.4, -0.2) is 19.2 Å². The highest BCUT2D eigenvalue weighted by molar-refractivity contribution is 5.97. The minimum atomic E-state index is 0.767. The van der Waals surface area contributed by atoms with Crippen molar-refractivity contribution in [2.45, 2.75) is 13.8 Å². The van der Waals surface area contributed by atoms with Gasteiger partial charge in [0.05, 0.1) is 25.0 Å². The fourth-order valence-corrected chi connectivity index (χ4v) is 1.93. The smallest absolute Gasteiger partial charge is 0.201 e. The van der Waals surface area contributed by atoms with Gasteiger partial charge in [-0.1, -0.05) is 12.1 Å². The number of nitrogens with one attached hydrogen (secondary N) is 1. The molecule has 2 rings (SSSR count). The van der Waals surface area contributed by atoms with Gasteiger partial charge >= 0.3 is 0 Å². The largest absolute Gasteiger partial charge is 0.482 e. The second kappa shape index (κ2) is 3.50. The van der Waals surface area contributed by atoms with Crippen LogP contribution in [0.15, 0.2) is 12.1 Å². The molecule has 0 spiro atoms. The van der Waals surface area contributed by atoms with Crippen molar-refractivity contribution in [1.82, 2.24) is 4.98 Å². The maximum absolute atomic E-state index is 5.31. The van der Waals surface area contributed by atoms with E-state index in [1.807, 2.05) is 0 Å². The third-order valence-corrected chi connectivity index (χ3v) is 2.71. The van der Waals surface area contributed by atoms with Crippen molar-refractivity contribution in [3.63, 3.8) is 0 Å². The van der Waals surface area contributed by atoms with Crippen LogP contribution in [0.3, 0.4) is 0 Å². The van der Waals surface area contributed by atoms with Gasteiger partial charge in [0.15, 0.2) is 0 Å². The van der Waals surface area contributed by atoms with E-state index in [0.29, 0.717) is 0 Å². The summed E-state index contributed by atoms with van der Waals surface area (Å²) in [6.07, 6.45) is 0. The number of H-pyrrole nitrogens is 1. The Bertz CT molecular complexity index is 456. The molecule has 15 heavy (non-hydrogen) atoms. The molecule has 0 aliphatic rings. The van der Waals surface area contributed by atoms with E-state index in [9.17, 15) is 0 Å². The van der Waals surface area contributed by atoms with Crippen molar-refractivity contribution < 1.29 is 9.47 Å². The Morgan fingerprint density at radius 1 is 0.867 bits per heavy atom. The van der Waals surface area contributed by atoms with E-state index in [1.165, 1.54) is 11.1 Å². The summed E-state index contributed by atoms with van der Waals surface area (Å²) in [4.78, 5) is 3.13. The molecule has 0 saturated carbocycles. The van der Waals surface area contributed by atoms with Gasteiger partial charge < -0.3 is 9.47 Å². The van der Waals surface area contributed by atoms with Crippen molar-refractivity contribution in [2.24, 2.45) is 0 Å². The highest BCUT2D eigenvalue weighted by Gasteiger charge is 2.14. The number of benzene rings is 1.